The highest BCUT2D eigenvalue weighted by molar-refractivity contribution is 6.04. The van der Waals surface area contributed by atoms with E-state index in [1.54, 1.807) is 30.1 Å². The molecule has 0 unspecified atom stereocenters. The van der Waals surface area contributed by atoms with Gasteiger partial charge in [0, 0.05) is 24.2 Å². The number of nitrogens with zero attached hydrogens (tertiary/aromatic N) is 2. The average Bonchev–Trinajstić information content (AvgIpc) is 2.83. The van der Waals surface area contributed by atoms with Crippen LogP contribution >= 0.6 is 0 Å². The quantitative estimate of drug-likeness (QED) is 0.806. The first-order chi connectivity index (χ1) is 9.61. The fraction of sp³-hybridized carbons (Fsp3) is 0.200. The average molecular weight is 268 g/mol. The Bertz CT molecular complexity index is 691. The van der Waals surface area contributed by atoms with Crippen LogP contribution in [-0.4, -0.2) is 22.2 Å². The topological polar surface area (TPSA) is 72.9 Å². The summed E-state index contributed by atoms with van der Waals surface area (Å²) in [6.45, 7) is 2.24. The predicted octanol–water partition coefficient (Wildman–Crippen LogP) is 1.29. The van der Waals surface area contributed by atoms with Gasteiger partial charge in [-0.15, -0.1) is 0 Å². The fourth-order valence-corrected chi connectivity index (χ4v) is 1.78. The summed E-state index contributed by atoms with van der Waals surface area (Å²) in [6.07, 6.45) is 1.63. The van der Waals surface area contributed by atoms with Gasteiger partial charge in [-0.3, -0.25) is 9.48 Å². The van der Waals surface area contributed by atoms with Crippen LogP contribution in [0, 0.1) is 18.8 Å². The van der Waals surface area contributed by atoms with Crippen LogP contribution in [0.4, 0.5) is 5.82 Å². The molecule has 0 aliphatic heterocycles. The second-order valence-electron chi connectivity index (χ2n) is 4.33. The third-order valence-corrected chi connectivity index (χ3v) is 2.88. The minimum atomic E-state index is -0.171. The van der Waals surface area contributed by atoms with Crippen LogP contribution in [0.2, 0.25) is 0 Å². The van der Waals surface area contributed by atoms with E-state index in [1.165, 1.54) is 0 Å². The van der Waals surface area contributed by atoms with Gasteiger partial charge in [0.2, 0.25) is 0 Å². The van der Waals surface area contributed by atoms with Crippen molar-refractivity contribution < 1.29 is 4.79 Å². The van der Waals surface area contributed by atoms with Crippen LogP contribution in [0.3, 0.4) is 0 Å². The predicted molar refractivity (Wildman–Crippen MR) is 78.3 cm³/mol. The van der Waals surface area contributed by atoms with Crippen molar-refractivity contribution in [2.45, 2.75) is 6.92 Å². The Hall–Kier alpha value is -2.58. The van der Waals surface area contributed by atoms with Gasteiger partial charge in [0.15, 0.2) is 0 Å². The molecule has 0 saturated heterocycles. The number of carbonyl (C=O) groups is 1. The van der Waals surface area contributed by atoms with Crippen molar-refractivity contribution in [3.63, 3.8) is 0 Å². The van der Waals surface area contributed by atoms with Gasteiger partial charge in [0.1, 0.15) is 5.82 Å². The van der Waals surface area contributed by atoms with E-state index >= 15 is 0 Å². The summed E-state index contributed by atoms with van der Waals surface area (Å²) >= 11 is 0. The summed E-state index contributed by atoms with van der Waals surface area (Å²) in [4.78, 5) is 12.1. The van der Waals surface area contributed by atoms with E-state index in [1.807, 2.05) is 19.1 Å². The van der Waals surface area contributed by atoms with E-state index in [0.29, 0.717) is 17.9 Å². The first kappa shape index (κ1) is 13.8. The second kappa shape index (κ2) is 6.04. The normalized spacial score (nSPS) is 9.75. The summed E-state index contributed by atoms with van der Waals surface area (Å²) in [5.74, 6) is 6.26. The van der Waals surface area contributed by atoms with Gasteiger partial charge in [-0.1, -0.05) is 11.8 Å². The van der Waals surface area contributed by atoms with Gasteiger partial charge in [0.05, 0.1) is 12.7 Å². The highest BCUT2D eigenvalue weighted by Gasteiger charge is 2.09. The minimum absolute atomic E-state index is 0.171. The second-order valence-corrected chi connectivity index (χ2v) is 4.33. The molecule has 1 amide bonds. The lowest BCUT2D eigenvalue weighted by Gasteiger charge is -2.07. The van der Waals surface area contributed by atoms with Crippen LogP contribution in [0.1, 0.15) is 21.5 Å². The van der Waals surface area contributed by atoms with Gasteiger partial charge in [-0.05, 0) is 30.7 Å². The van der Waals surface area contributed by atoms with Crippen molar-refractivity contribution in [3.8, 4) is 11.8 Å². The molecule has 0 spiro atoms. The van der Waals surface area contributed by atoms with Crippen LogP contribution in [0.25, 0.3) is 0 Å². The zero-order chi connectivity index (χ0) is 14.5. The summed E-state index contributed by atoms with van der Waals surface area (Å²) in [5.41, 5.74) is 7.76. The van der Waals surface area contributed by atoms with E-state index in [4.69, 9.17) is 5.73 Å². The number of nitrogens with one attached hydrogen (secondary N) is 1. The SMILES string of the molecule is Cc1cc(C(=O)Nc2ccnn2C)ccc1C#CCN. The maximum absolute atomic E-state index is 12.1. The summed E-state index contributed by atoms with van der Waals surface area (Å²) in [7, 11) is 1.77. The van der Waals surface area contributed by atoms with E-state index in [0.717, 1.165) is 11.1 Å². The molecule has 20 heavy (non-hydrogen) atoms. The van der Waals surface area contributed by atoms with Gasteiger partial charge < -0.3 is 11.1 Å². The van der Waals surface area contributed by atoms with E-state index in [-0.39, 0.29) is 5.91 Å². The number of hydrogen-bond acceptors (Lipinski definition) is 3. The largest absolute Gasteiger partial charge is 0.320 e. The fourth-order valence-electron chi connectivity index (χ4n) is 1.78. The number of anilines is 1. The van der Waals surface area contributed by atoms with Crippen molar-refractivity contribution >= 4 is 11.7 Å². The Morgan fingerprint density at radius 1 is 1.45 bits per heavy atom. The molecular formula is C15H16N4O. The molecule has 3 N–H and O–H groups in total. The molecule has 0 radical (unpaired) electrons. The summed E-state index contributed by atoms with van der Waals surface area (Å²) in [6, 6.07) is 7.13. The molecule has 0 aliphatic carbocycles. The Morgan fingerprint density at radius 3 is 2.85 bits per heavy atom. The maximum atomic E-state index is 12.1. The summed E-state index contributed by atoms with van der Waals surface area (Å²) in [5, 5.41) is 6.80. The van der Waals surface area contributed by atoms with Crippen LogP contribution < -0.4 is 11.1 Å². The van der Waals surface area contributed by atoms with Gasteiger partial charge in [0.25, 0.3) is 5.91 Å². The number of nitrogens with two attached hydrogens (primary N) is 1. The molecule has 0 bridgehead atoms. The lowest BCUT2D eigenvalue weighted by molar-refractivity contribution is 0.102. The standard InChI is InChI=1S/C15H16N4O/c1-11-10-13(6-5-12(11)4-3-8-16)15(20)18-14-7-9-17-19(14)2/h5-7,9-10H,8,16H2,1-2H3,(H,18,20). The van der Waals surface area contributed by atoms with Gasteiger partial charge in [-0.25, -0.2) is 0 Å². The molecule has 5 heteroatoms. The van der Waals surface area contributed by atoms with Crippen LogP contribution in [-0.2, 0) is 7.05 Å². The molecule has 0 fully saturated rings. The molecule has 2 aromatic rings. The molecule has 0 saturated carbocycles. The zero-order valence-electron chi connectivity index (χ0n) is 11.5. The first-order valence-electron chi connectivity index (χ1n) is 6.20. The third-order valence-electron chi connectivity index (χ3n) is 2.88. The van der Waals surface area contributed by atoms with E-state index in [2.05, 4.69) is 22.3 Å². The molecule has 1 aromatic carbocycles. The minimum Gasteiger partial charge on any atom is -0.320 e. The molecule has 2 rings (SSSR count). The van der Waals surface area contributed by atoms with Crippen molar-refractivity contribution in [2.24, 2.45) is 12.8 Å². The van der Waals surface area contributed by atoms with E-state index in [9.17, 15) is 4.79 Å². The molecule has 1 aromatic heterocycles. The molecular weight excluding hydrogens is 252 g/mol. The van der Waals surface area contributed by atoms with Gasteiger partial charge >= 0.3 is 0 Å². The number of aromatic nitrogens is 2. The van der Waals surface area contributed by atoms with Crippen molar-refractivity contribution in [3.05, 3.63) is 47.2 Å². The highest BCUT2D eigenvalue weighted by atomic mass is 16.1. The molecule has 1 heterocycles. The molecule has 0 atom stereocenters. The van der Waals surface area contributed by atoms with E-state index < -0.39 is 0 Å². The number of carbonyl (C=O) groups excluding carboxylic acids is 1. The lowest BCUT2D eigenvalue weighted by Crippen LogP contribution is -2.14. The zero-order valence-corrected chi connectivity index (χ0v) is 11.5. The number of benzene rings is 1. The van der Waals surface area contributed by atoms with Crippen molar-refractivity contribution in [2.75, 3.05) is 11.9 Å². The first-order valence-corrected chi connectivity index (χ1v) is 6.20. The summed E-state index contributed by atoms with van der Waals surface area (Å²) < 4.78 is 1.60. The van der Waals surface area contributed by atoms with Crippen LogP contribution in [0.5, 0.6) is 0 Å². The lowest BCUT2D eigenvalue weighted by atomic mass is 10.0. The van der Waals surface area contributed by atoms with Crippen LogP contribution in [0.15, 0.2) is 30.5 Å². The Kier molecular flexibility index (Phi) is 4.18. The molecule has 5 nitrogen and oxygen atoms in total. The molecule has 102 valence electrons. The third kappa shape index (κ3) is 3.05. The number of aryl methyl sites for hydroxylation is 2. The van der Waals surface area contributed by atoms with Crippen molar-refractivity contribution in [1.29, 1.82) is 0 Å². The Balaban J connectivity index is 2.19. The van der Waals surface area contributed by atoms with Crippen molar-refractivity contribution in [1.82, 2.24) is 9.78 Å². The Morgan fingerprint density at radius 2 is 2.25 bits per heavy atom. The number of rotatable bonds is 2. The number of amides is 1. The van der Waals surface area contributed by atoms with Gasteiger partial charge in [-0.2, -0.15) is 5.10 Å². The Labute approximate surface area is 117 Å². The maximum Gasteiger partial charge on any atom is 0.256 e. The number of hydrogen-bond donors (Lipinski definition) is 2. The molecule has 0 aliphatic rings. The highest BCUT2D eigenvalue weighted by Crippen LogP contribution is 2.12. The monoisotopic (exact) mass is 268 g/mol. The smallest absolute Gasteiger partial charge is 0.256 e.